The number of nitrogens with zero attached hydrogens (tertiary/aromatic N) is 1. The first-order valence-corrected chi connectivity index (χ1v) is 7.44. The maximum atomic E-state index is 12.2. The first-order valence-electron chi connectivity index (χ1n) is 7.44. The van der Waals surface area contributed by atoms with Crippen molar-refractivity contribution < 1.29 is 47.6 Å². The lowest BCUT2D eigenvalue weighted by Gasteiger charge is -2.36. The molecule has 0 aromatic carbocycles. The molecule has 11 nitrogen and oxygen atoms in total. The SMILES string of the molecule is COC(=O)O[C@H]1[C@H]2[C@H](OC(=O)OC)CCC(=O)N2C[C@H]1OC(=O)OC. The fourth-order valence-electron chi connectivity index (χ4n) is 2.96. The van der Waals surface area contributed by atoms with Gasteiger partial charge in [-0.05, 0) is 6.42 Å². The van der Waals surface area contributed by atoms with Crippen LogP contribution in [0.3, 0.4) is 0 Å². The van der Waals surface area contributed by atoms with E-state index in [0.717, 1.165) is 21.3 Å². The molecule has 4 atom stereocenters. The van der Waals surface area contributed by atoms with E-state index in [2.05, 4.69) is 14.2 Å². The highest BCUT2D eigenvalue weighted by Crippen LogP contribution is 2.34. The topological polar surface area (TPSA) is 127 Å². The molecule has 2 saturated heterocycles. The van der Waals surface area contributed by atoms with Gasteiger partial charge in [-0.15, -0.1) is 0 Å². The average Bonchev–Trinajstić information content (AvgIpc) is 2.96. The molecule has 25 heavy (non-hydrogen) atoms. The van der Waals surface area contributed by atoms with Gasteiger partial charge in [0.1, 0.15) is 12.1 Å². The summed E-state index contributed by atoms with van der Waals surface area (Å²) in [6.45, 7) is -0.0404. The van der Waals surface area contributed by atoms with E-state index in [4.69, 9.17) is 14.2 Å². The van der Waals surface area contributed by atoms with E-state index in [-0.39, 0.29) is 25.3 Å². The van der Waals surface area contributed by atoms with Gasteiger partial charge in [-0.25, -0.2) is 14.4 Å². The Morgan fingerprint density at radius 2 is 1.40 bits per heavy atom. The van der Waals surface area contributed by atoms with Crippen LogP contribution in [-0.2, 0) is 33.2 Å². The van der Waals surface area contributed by atoms with Gasteiger partial charge in [-0.1, -0.05) is 0 Å². The maximum absolute atomic E-state index is 12.2. The van der Waals surface area contributed by atoms with E-state index in [0.29, 0.717) is 0 Å². The molecule has 0 aromatic rings. The zero-order valence-corrected chi connectivity index (χ0v) is 14.0. The number of amides is 1. The smallest absolute Gasteiger partial charge is 0.438 e. The molecule has 0 aliphatic carbocycles. The lowest BCUT2D eigenvalue weighted by molar-refractivity contribution is -0.143. The molecular formula is C14H19NO10. The Morgan fingerprint density at radius 3 is 1.96 bits per heavy atom. The molecule has 0 N–H and O–H groups in total. The number of carbonyl (C=O) groups excluding carboxylic acids is 4. The standard InChI is InChI=1S/C14H19NO10/c1-20-12(17)23-7-4-5-9(16)15-6-8(24-13(18)21-2)11(10(7)15)25-14(19)22-3/h7-8,10-11H,4-6H2,1-3H3/t7-,8-,10-,11-/m1/s1. The van der Waals surface area contributed by atoms with Gasteiger partial charge in [0.05, 0.1) is 27.9 Å². The third kappa shape index (κ3) is 4.03. The quantitative estimate of drug-likeness (QED) is 0.516. The minimum absolute atomic E-state index is 0.0404. The van der Waals surface area contributed by atoms with E-state index in [1.807, 2.05) is 0 Å². The predicted octanol–water partition coefficient (Wildman–Crippen LogP) is 0.446. The highest BCUT2D eigenvalue weighted by atomic mass is 16.8. The third-order valence-electron chi connectivity index (χ3n) is 4.01. The molecule has 0 bridgehead atoms. The van der Waals surface area contributed by atoms with Crippen molar-refractivity contribution in [1.82, 2.24) is 4.90 Å². The van der Waals surface area contributed by atoms with Crippen molar-refractivity contribution in [2.75, 3.05) is 27.9 Å². The van der Waals surface area contributed by atoms with Crippen molar-refractivity contribution in [3.63, 3.8) is 0 Å². The van der Waals surface area contributed by atoms with E-state index in [1.54, 1.807) is 0 Å². The Hall–Kier alpha value is -2.72. The van der Waals surface area contributed by atoms with Crippen molar-refractivity contribution in [3.8, 4) is 0 Å². The Bertz CT molecular complexity index is 550. The van der Waals surface area contributed by atoms with Crippen LogP contribution in [0.25, 0.3) is 0 Å². The molecule has 0 saturated carbocycles. The molecule has 2 aliphatic rings. The molecule has 0 spiro atoms. The molecule has 140 valence electrons. The van der Waals surface area contributed by atoms with Crippen LogP contribution >= 0.6 is 0 Å². The molecule has 2 rings (SSSR count). The van der Waals surface area contributed by atoms with Gasteiger partial charge in [0.25, 0.3) is 0 Å². The number of methoxy groups -OCH3 is 3. The first-order chi connectivity index (χ1) is 11.9. The van der Waals surface area contributed by atoms with Crippen molar-refractivity contribution in [3.05, 3.63) is 0 Å². The van der Waals surface area contributed by atoms with Crippen LogP contribution in [0.15, 0.2) is 0 Å². The summed E-state index contributed by atoms with van der Waals surface area (Å²) in [6, 6.07) is -0.839. The summed E-state index contributed by atoms with van der Waals surface area (Å²) in [5.41, 5.74) is 0. The summed E-state index contributed by atoms with van der Waals surface area (Å²) in [5, 5.41) is 0. The van der Waals surface area contributed by atoms with Crippen LogP contribution in [-0.4, -0.2) is 81.5 Å². The normalized spacial score (nSPS) is 27.8. The lowest BCUT2D eigenvalue weighted by atomic mass is 9.96. The predicted molar refractivity (Wildman–Crippen MR) is 76.6 cm³/mol. The summed E-state index contributed by atoms with van der Waals surface area (Å²) < 4.78 is 28.8. The molecule has 0 unspecified atom stereocenters. The molecule has 2 fully saturated rings. The summed E-state index contributed by atoms with van der Waals surface area (Å²) in [4.78, 5) is 48.0. The Balaban J connectivity index is 2.27. The second-order valence-corrected chi connectivity index (χ2v) is 5.33. The van der Waals surface area contributed by atoms with Gasteiger partial charge in [-0.2, -0.15) is 0 Å². The van der Waals surface area contributed by atoms with Crippen LogP contribution in [0.4, 0.5) is 14.4 Å². The minimum Gasteiger partial charge on any atom is -0.438 e. The molecular weight excluding hydrogens is 342 g/mol. The second kappa shape index (κ2) is 7.90. The zero-order chi connectivity index (χ0) is 18.6. The van der Waals surface area contributed by atoms with Crippen LogP contribution in [0.1, 0.15) is 12.8 Å². The maximum Gasteiger partial charge on any atom is 0.508 e. The number of ether oxygens (including phenoxy) is 6. The van der Waals surface area contributed by atoms with Gasteiger partial charge in [-0.3, -0.25) is 4.79 Å². The lowest BCUT2D eigenvalue weighted by Crippen LogP contribution is -2.54. The molecule has 2 heterocycles. The van der Waals surface area contributed by atoms with Crippen molar-refractivity contribution in [1.29, 1.82) is 0 Å². The summed E-state index contributed by atoms with van der Waals surface area (Å²) in [6.07, 6.45) is -5.52. The summed E-state index contributed by atoms with van der Waals surface area (Å²) in [5.74, 6) is -0.246. The average molecular weight is 361 g/mol. The number of rotatable bonds is 3. The molecule has 2 aliphatic heterocycles. The van der Waals surface area contributed by atoms with Crippen LogP contribution in [0.2, 0.25) is 0 Å². The van der Waals surface area contributed by atoms with Crippen LogP contribution in [0.5, 0.6) is 0 Å². The van der Waals surface area contributed by atoms with Gasteiger partial charge >= 0.3 is 18.5 Å². The largest absolute Gasteiger partial charge is 0.508 e. The minimum atomic E-state index is -1.09. The first kappa shape index (κ1) is 18.6. The Labute approximate surface area is 143 Å². The van der Waals surface area contributed by atoms with Crippen molar-refractivity contribution in [2.45, 2.75) is 37.2 Å². The number of hydrogen-bond donors (Lipinski definition) is 0. The zero-order valence-electron chi connectivity index (χ0n) is 14.0. The van der Waals surface area contributed by atoms with E-state index >= 15 is 0 Å². The van der Waals surface area contributed by atoms with E-state index in [9.17, 15) is 19.2 Å². The number of hydrogen-bond acceptors (Lipinski definition) is 10. The summed E-state index contributed by atoms with van der Waals surface area (Å²) in [7, 11) is 3.38. The molecule has 1 amide bonds. The van der Waals surface area contributed by atoms with Gasteiger partial charge in [0.15, 0.2) is 12.2 Å². The molecule has 11 heteroatoms. The monoisotopic (exact) mass is 361 g/mol. The van der Waals surface area contributed by atoms with Crippen LogP contribution < -0.4 is 0 Å². The fourth-order valence-corrected chi connectivity index (χ4v) is 2.96. The Kier molecular flexibility index (Phi) is 5.88. The fraction of sp³-hybridized carbons (Fsp3) is 0.714. The number of carbonyl (C=O) groups is 4. The highest BCUT2D eigenvalue weighted by molar-refractivity contribution is 5.78. The second-order valence-electron chi connectivity index (χ2n) is 5.33. The highest BCUT2D eigenvalue weighted by Gasteiger charge is 2.55. The van der Waals surface area contributed by atoms with E-state index in [1.165, 1.54) is 4.90 Å². The molecule has 0 radical (unpaired) electrons. The van der Waals surface area contributed by atoms with Gasteiger partial charge < -0.3 is 33.3 Å². The van der Waals surface area contributed by atoms with Crippen LogP contribution in [0, 0.1) is 0 Å². The van der Waals surface area contributed by atoms with E-state index < -0.39 is 42.8 Å². The summed E-state index contributed by atoms with van der Waals surface area (Å²) >= 11 is 0. The third-order valence-corrected chi connectivity index (χ3v) is 4.01. The number of piperidine rings is 1. The number of fused-ring (bicyclic) bond motifs is 1. The molecule has 0 aromatic heterocycles. The van der Waals surface area contributed by atoms with Gasteiger partial charge in [0.2, 0.25) is 5.91 Å². The van der Waals surface area contributed by atoms with Crippen molar-refractivity contribution in [2.24, 2.45) is 0 Å². The Morgan fingerprint density at radius 1 is 0.880 bits per heavy atom. The van der Waals surface area contributed by atoms with Crippen molar-refractivity contribution >= 4 is 24.4 Å². The van der Waals surface area contributed by atoms with Gasteiger partial charge in [0, 0.05) is 6.42 Å².